The third-order valence-electron chi connectivity index (χ3n) is 3.06. The lowest BCUT2D eigenvalue weighted by atomic mass is 10.2. The van der Waals surface area contributed by atoms with E-state index < -0.39 is 0 Å². The molecule has 0 aliphatic carbocycles. The first kappa shape index (κ1) is 12.6. The average molecular weight is 260 g/mol. The number of amides is 1. The second-order valence-corrected chi connectivity index (χ2v) is 6.81. The maximum atomic E-state index is 12.0. The van der Waals surface area contributed by atoms with Crippen LogP contribution in [-0.4, -0.2) is 59.0 Å². The summed E-state index contributed by atoms with van der Waals surface area (Å²) < 4.78 is 0. The van der Waals surface area contributed by atoms with E-state index in [1.54, 1.807) is 0 Å². The van der Waals surface area contributed by atoms with Gasteiger partial charge in [0.2, 0.25) is 5.91 Å². The molecule has 2 rings (SSSR count). The minimum absolute atomic E-state index is 0.0891. The summed E-state index contributed by atoms with van der Waals surface area (Å²) in [5.41, 5.74) is 0. The molecule has 0 aromatic rings. The van der Waals surface area contributed by atoms with Crippen LogP contribution in [0, 0.1) is 0 Å². The van der Waals surface area contributed by atoms with Crippen LogP contribution >= 0.6 is 23.5 Å². The van der Waals surface area contributed by atoms with Gasteiger partial charge >= 0.3 is 0 Å². The van der Waals surface area contributed by atoms with E-state index in [1.807, 2.05) is 23.5 Å². The van der Waals surface area contributed by atoms with Gasteiger partial charge in [-0.1, -0.05) is 6.92 Å². The first-order valence-electron chi connectivity index (χ1n) is 6.02. The van der Waals surface area contributed by atoms with Crippen molar-refractivity contribution in [2.75, 3.05) is 36.9 Å². The number of likely N-dealkylation sites (N-methyl/N-ethyl adjacent to an activating group) is 1. The number of hydrogen-bond acceptors (Lipinski definition) is 4. The summed E-state index contributed by atoms with van der Waals surface area (Å²) in [5.74, 6) is 4.04. The predicted molar refractivity (Wildman–Crippen MR) is 72.2 cm³/mol. The minimum Gasteiger partial charge on any atom is -0.340 e. The van der Waals surface area contributed by atoms with Crippen LogP contribution in [0.25, 0.3) is 0 Å². The number of carbonyl (C=O) groups is 1. The van der Waals surface area contributed by atoms with E-state index in [0.29, 0.717) is 11.2 Å². The summed E-state index contributed by atoms with van der Waals surface area (Å²) in [4.78, 5) is 14.1. The molecule has 2 fully saturated rings. The third kappa shape index (κ3) is 3.08. The summed E-state index contributed by atoms with van der Waals surface area (Å²) in [7, 11) is 0. The van der Waals surface area contributed by atoms with Crippen LogP contribution in [0.1, 0.15) is 13.3 Å². The van der Waals surface area contributed by atoms with Crippen molar-refractivity contribution in [2.45, 2.75) is 24.6 Å². The molecule has 92 valence electrons. The molecular weight excluding hydrogens is 240 g/mol. The summed E-state index contributed by atoms with van der Waals surface area (Å²) >= 11 is 4.06. The summed E-state index contributed by atoms with van der Waals surface area (Å²) in [6, 6.07) is 0.0891. The van der Waals surface area contributed by atoms with Gasteiger partial charge in [0.15, 0.2) is 0 Å². The van der Waals surface area contributed by atoms with Crippen molar-refractivity contribution in [1.29, 1.82) is 0 Å². The molecule has 3 nitrogen and oxygen atoms in total. The zero-order valence-electron chi connectivity index (χ0n) is 9.78. The van der Waals surface area contributed by atoms with Gasteiger partial charge in [0, 0.05) is 35.6 Å². The second kappa shape index (κ2) is 6.17. The number of thioether (sulfide) groups is 2. The Morgan fingerprint density at radius 2 is 2.38 bits per heavy atom. The highest BCUT2D eigenvalue weighted by molar-refractivity contribution is 8.06. The molecule has 0 spiro atoms. The van der Waals surface area contributed by atoms with Crippen molar-refractivity contribution in [2.24, 2.45) is 0 Å². The van der Waals surface area contributed by atoms with E-state index in [-0.39, 0.29) is 6.04 Å². The molecular formula is C11H20N2OS2. The van der Waals surface area contributed by atoms with E-state index >= 15 is 0 Å². The van der Waals surface area contributed by atoms with E-state index in [0.717, 1.165) is 26.1 Å². The number of rotatable bonds is 4. The fourth-order valence-electron chi connectivity index (χ4n) is 2.24. The topological polar surface area (TPSA) is 32.3 Å². The Kier molecular flexibility index (Phi) is 4.85. The number of likely N-dealkylation sites (tertiary alicyclic amines) is 1. The van der Waals surface area contributed by atoms with Crippen molar-refractivity contribution in [3.63, 3.8) is 0 Å². The third-order valence-corrected chi connectivity index (χ3v) is 5.88. The molecule has 1 amide bonds. The molecule has 1 N–H and O–H groups in total. The number of nitrogens with one attached hydrogen (secondary N) is 1. The highest BCUT2D eigenvalue weighted by Crippen LogP contribution is 2.26. The van der Waals surface area contributed by atoms with Crippen molar-refractivity contribution in [3.05, 3.63) is 0 Å². The van der Waals surface area contributed by atoms with Crippen LogP contribution in [-0.2, 0) is 4.79 Å². The highest BCUT2D eigenvalue weighted by Gasteiger charge is 2.32. The Balaban J connectivity index is 1.79. The van der Waals surface area contributed by atoms with E-state index in [2.05, 4.69) is 17.1 Å². The fraction of sp³-hybridized carbons (Fsp3) is 0.909. The monoisotopic (exact) mass is 260 g/mol. The van der Waals surface area contributed by atoms with Crippen molar-refractivity contribution in [1.82, 2.24) is 10.2 Å². The molecule has 2 atom stereocenters. The Bertz CT molecular complexity index is 244. The maximum Gasteiger partial charge on any atom is 0.239 e. The Morgan fingerprint density at radius 3 is 3.06 bits per heavy atom. The summed E-state index contributed by atoms with van der Waals surface area (Å²) in [5, 5.41) is 3.91. The molecule has 0 aromatic carbocycles. The van der Waals surface area contributed by atoms with Gasteiger partial charge in [-0.25, -0.2) is 0 Å². The van der Waals surface area contributed by atoms with Crippen molar-refractivity contribution in [3.8, 4) is 0 Å². The zero-order valence-corrected chi connectivity index (χ0v) is 11.4. The van der Waals surface area contributed by atoms with Gasteiger partial charge in [0.1, 0.15) is 0 Å². The fourth-order valence-corrected chi connectivity index (χ4v) is 4.93. The van der Waals surface area contributed by atoms with Crippen LogP contribution in [0.5, 0.6) is 0 Å². The van der Waals surface area contributed by atoms with Gasteiger partial charge in [0.05, 0.1) is 6.04 Å². The molecule has 0 radical (unpaired) electrons. The van der Waals surface area contributed by atoms with E-state index in [1.165, 1.54) is 17.3 Å². The molecule has 0 saturated carbocycles. The lowest BCUT2D eigenvalue weighted by Crippen LogP contribution is -2.41. The van der Waals surface area contributed by atoms with Crippen LogP contribution in [0.2, 0.25) is 0 Å². The summed E-state index contributed by atoms with van der Waals surface area (Å²) in [6.07, 6.45) is 0.983. The van der Waals surface area contributed by atoms with Gasteiger partial charge < -0.3 is 10.2 Å². The number of nitrogens with zero attached hydrogens (tertiary/aromatic N) is 1. The van der Waals surface area contributed by atoms with Crippen molar-refractivity contribution >= 4 is 29.4 Å². The number of carbonyl (C=O) groups excluding carboxylic acids is 1. The first-order chi connectivity index (χ1) is 7.81. The molecule has 5 heteroatoms. The van der Waals surface area contributed by atoms with Gasteiger partial charge in [-0.05, 0) is 13.0 Å². The quantitative estimate of drug-likeness (QED) is 0.819. The molecule has 0 bridgehead atoms. The Hall–Kier alpha value is 0.130. The first-order valence-corrected chi connectivity index (χ1v) is 8.23. The van der Waals surface area contributed by atoms with Gasteiger partial charge in [-0.3, -0.25) is 4.79 Å². The van der Waals surface area contributed by atoms with Gasteiger partial charge in [-0.15, -0.1) is 0 Å². The predicted octanol–water partition coefficient (Wildman–Crippen LogP) is 1.05. The van der Waals surface area contributed by atoms with Crippen LogP contribution in [0.15, 0.2) is 0 Å². The average Bonchev–Trinajstić information content (AvgIpc) is 2.64. The molecule has 0 aromatic heterocycles. The van der Waals surface area contributed by atoms with Crippen LogP contribution in [0.4, 0.5) is 0 Å². The van der Waals surface area contributed by atoms with Crippen LogP contribution < -0.4 is 5.32 Å². The smallest absolute Gasteiger partial charge is 0.239 e. The molecule has 2 saturated heterocycles. The lowest BCUT2D eigenvalue weighted by molar-refractivity contribution is -0.129. The minimum atomic E-state index is 0.0891. The second-order valence-electron chi connectivity index (χ2n) is 4.25. The summed E-state index contributed by atoms with van der Waals surface area (Å²) in [6.45, 7) is 4.85. The Labute approximate surface area is 106 Å². The lowest BCUT2D eigenvalue weighted by Gasteiger charge is -2.26. The SMILES string of the molecule is CCNC1CCN(CC2CSCCS2)C1=O. The maximum absolute atomic E-state index is 12.0. The molecule has 2 unspecified atom stereocenters. The normalized spacial score (nSPS) is 31.1. The zero-order chi connectivity index (χ0) is 11.4. The van der Waals surface area contributed by atoms with E-state index in [9.17, 15) is 4.79 Å². The number of hydrogen-bond donors (Lipinski definition) is 1. The van der Waals surface area contributed by atoms with Gasteiger partial charge in [0.25, 0.3) is 0 Å². The molecule has 2 heterocycles. The van der Waals surface area contributed by atoms with Crippen molar-refractivity contribution < 1.29 is 4.79 Å². The molecule has 2 aliphatic heterocycles. The van der Waals surface area contributed by atoms with E-state index in [4.69, 9.17) is 0 Å². The molecule has 16 heavy (non-hydrogen) atoms. The molecule has 2 aliphatic rings. The van der Waals surface area contributed by atoms with Crippen LogP contribution in [0.3, 0.4) is 0 Å². The highest BCUT2D eigenvalue weighted by atomic mass is 32.2. The standard InChI is InChI=1S/C11H20N2OS2/c1-2-12-10-3-4-13(11(10)14)7-9-8-15-5-6-16-9/h9-10,12H,2-8H2,1H3. The van der Waals surface area contributed by atoms with Gasteiger partial charge in [-0.2, -0.15) is 23.5 Å². The largest absolute Gasteiger partial charge is 0.340 e. The Morgan fingerprint density at radius 1 is 1.50 bits per heavy atom.